The van der Waals surface area contributed by atoms with Crippen LogP contribution < -0.4 is 10.2 Å². The lowest BCUT2D eigenvalue weighted by Crippen LogP contribution is -2.09. The summed E-state index contributed by atoms with van der Waals surface area (Å²) in [5, 5.41) is 14.0. The van der Waals surface area contributed by atoms with E-state index in [1.54, 1.807) is 6.07 Å². The van der Waals surface area contributed by atoms with Crippen molar-refractivity contribution in [2.45, 2.75) is 6.92 Å². The third-order valence-electron chi connectivity index (χ3n) is 2.84. The van der Waals surface area contributed by atoms with Gasteiger partial charge in [-0.3, -0.25) is 10.1 Å². The molecule has 0 unspecified atom stereocenters. The minimum absolute atomic E-state index is 0.0376. The standard InChI is InChI=1S/C13H14ClN5O2/c1-8-11(19(20)21)12(17-13(14)15-8)16-9-5-4-6-10(7-9)18(2)3/h4-7H,1-3H3,(H,15,16,17). The zero-order valence-corrected chi connectivity index (χ0v) is 12.5. The van der Waals surface area contributed by atoms with Gasteiger partial charge in [-0.1, -0.05) is 6.07 Å². The van der Waals surface area contributed by atoms with E-state index in [1.165, 1.54) is 6.92 Å². The number of rotatable bonds is 4. The minimum atomic E-state index is -0.524. The first-order chi connectivity index (χ1) is 9.88. The molecule has 0 saturated heterocycles. The summed E-state index contributed by atoms with van der Waals surface area (Å²) < 4.78 is 0. The Morgan fingerprint density at radius 2 is 2.05 bits per heavy atom. The van der Waals surface area contributed by atoms with Gasteiger partial charge in [0.05, 0.1) is 4.92 Å². The lowest BCUT2D eigenvalue weighted by atomic mass is 10.2. The van der Waals surface area contributed by atoms with Gasteiger partial charge in [0.25, 0.3) is 0 Å². The van der Waals surface area contributed by atoms with Crippen molar-refractivity contribution in [2.75, 3.05) is 24.3 Å². The average Bonchev–Trinajstić information content (AvgIpc) is 2.37. The van der Waals surface area contributed by atoms with Gasteiger partial charge in [0.2, 0.25) is 11.1 Å². The van der Waals surface area contributed by atoms with Crippen molar-refractivity contribution in [3.8, 4) is 0 Å². The molecule has 0 bridgehead atoms. The third kappa shape index (κ3) is 3.38. The molecule has 110 valence electrons. The number of nitro groups is 1. The molecular formula is C13H14ClN5O2. The summed E-state index contributed by atoms with van der Waals surface area (Å²) >= 11 is 5.78. The summed E-state index contributed by atoms with van der Waals surface area (Å²) in [5.74, 6) is 0.0772. The Bertz CT molecular complexity index is 690. The highest BCUT2D eigenvalue weighted by atomic mass is 35.5. The first-order valence-corrected chi connectivity index (χ1v) is 6.49. The number of anilines is 3. The van der Waals surface area contributed by atoms with Crippen LogP contribution in [-0.4, -0.2) is 29.0 Å². The van der Waals surface area contributed by atoms with Gasteiger partial charge < -0.3 is 10.2 Å². The Balaban J connectivity index is 2.44. The van der Waals surface area contributed by atoms with Crippen LogP contribution in [-0.2, 0) is 0 Å². The maximum Gasteiger partial charge on any atom is 0.332 e. The van der Waals surface area contributed by atoms with Crippen LogP contribution >= 0.6 is 11.6 Å². The van der Waals surface area contributed by atoms with E-state index in [-0.39, 0.29) is 22.5 Å². The summed E-state index contributed by atoms with van der Waals surface area (Å²) in [5.41, 5.74) is 1.67. The van der Waals surface area contributed by atoms with Crippen LogP contribution in [0.2, 0.25) is 5.28 Å². The quantitative estimate of drug-likeness (QED) is 0.530. The van der Waals surface area contributed by atoms with Crippen LogP contribution in [0.25, 0.3) is 0 Å². The lowest BCUT2D eigenvalue weighted by Gasteiger charge is -2.14. The second-order valence-electron chi connectivity index (χ2n) is 4.60. The zero-order chi connectivity index (χ0) is 15.6. The van der Waals surface area contributed by atoms with Gasteiger partial charge in [0.1, 0.15) is 5.69 Å². The number of benzene rings is 1. The van der Waals surface area contributed by atoms with Gasteiger partial charge in [-0.15, -0.1) is 0 Å². The molecule has 8 heteroatoms. The minimum Gasteiger partial charge on any atom is -0.378 e. The summed E-state index contributed by atoms with van der Waals surface area (Å²) in [7, 11) is 3.82. The van der Waals surface area contributed by atoms with Gasteiger partial charge in [-0.25, -0.2) is 4.98 Å². The largest absolute Gasteiger partial charge is 0.378 e. The van der Waals surface area contributed by atoms with Crippen molar-refractivity contribution < 1.29 is 4.92 Å². The van der Waals surface area contributed by atoms with Gasteiger partial charge in [0, 0.05) is 25.5 Å². The molecule has 1 aromatic carbocycles. The van der Waals surface area contributed by atoms with Crippen LogP contribution in [0.4, 0.5) is 22.9 Å². The molecule has 21 heavy (non-hydrogen) atoms. The van der Waals surface area contributed by atoms with Crippen LogP contribution in [0.15, 0.2) is 24.3 Å². The predicted molar refractivity (Wildman–Crippen MR) is 82.5 cm³/mol. The Kier molecular flexibility index (Phi) is 4.23. The molecule has 0 fully saturated rings. The Hall–Kier alpha value is -2.41. The van der Waals surface area contributed by atoms with Gasteiger partial charge in [-0.2, -0.15) is 4.98 Å². The van der Waals surface area contributed by atoms with Gasteiger partial charge in [0.15, 0.2) is 0 Å². The highest BCUT2D eigenvalue weighted by Crippen LogP contribution is 2.30. The number of hydrogen-bond acceptors (Lipinski definition) is 6. The van der Waals surface area contributed by atoms with E-state index in [9.17, 15) is 10.1 Å². The zero-order valence-electron chi connectivity index (χ0n) is 11.8. The van der Waals surface area contributed by atoms with Crippen molar-refractivity contribution in [1.29, 1.82) is 0 Å². The van der Waals surface area contributed by atoms with E-state index in [0.29, 0.717) is 5.69 Å². The summed E-state index contributed by atoms with van der Waals surface area (Å²) in [4.78, 5) is 20.3. The molecule has 0 spiro atoms. The van der Waals surface area contributed by atoms with E-state index < -0.39 is 4.92 Å². The molecule has 0 aliphatic rings. The summed E-state index contributed by atoms with van der Waals surface area (Å²) in [6, 6.07) is 7.42. The number of aromatic nitrogens is 2. The van der Waals surface area contributed by atoms with Crippen molar-refractivity contribution in [3.05, 3.63) is 45.4 Å². The van der Waals surface area contributed by atoms with E-state index in [4.69, 9.17) is 11.6 Å². The molecule has 0 aliphatic carbocycles. The molecule has 2 rings (SSSR count). The highest BCUT2D eigenvalue weighted by molar-refractivity contribution is 6.28. The van der Waals surface area contributed by atoms with E-state index in [1.807, 2.05) is 37.2 Å². The lowest BCUT2D eigenvalue weighted by molar-refractivity contribution is -0.385. The second-order valence-corrected chi connectivity index (χ2v) is 4.94. The van der Waals surface area contributed by atoms with Crippen molar-refractivity contribution >= 4 is 34.5 Å². The number of nitrogens with zero attached hydrogens (tertiary/aromatic N) is 4. The summed E-state index contributed by atoms with van der Waals surface area (Å²) in [6.07, 6.45) is 0. The third-order valence-corrected chi connectivity index (χ3v) is 3.01. The van der Waals surface area contributed by atoms with Crippen LogP contribution in [0, 0.1) is 17.0 Å². The summed E-state index contributed by atoms with van der Waals surface area (Å²) in [6.45, 7) is 1.52. The average molecular weight is 308 g/mol. The molecule has 0 aliphatic heterocycles. The Labute approximate surface area is 126 Å². The number of nitrogens with one attached hydrogen (secondary N) is 1. The maximum absolute atomic E-state index is 11.2. The van der Waals surface area contributed by atoms with Crippen molar-refractivity contribution in [2.24, 2.45) is 0 Å². The number of aryl methyl sites for hydroxylation is 1. The molecule has 1 heterocycles. The monoisotopic (exact) mass is 307 g/mol. The van der Waals surface area contributed by atoms with Crippen LogP contribution in [0.5, 0.6) is 0 Å². The molecule has 0 radical (unpaired) electrons. The fourth-order valence-electron chi connectivity index (χ4n) is 1.84. The molecule has 0 amide bonds. The molecule has 7 nitrogen and oxygen atoms in total. The second kappa shape index (κ2) is 5.92. The predicted octanol–water partition coefficient (Wildman–Crippen LogP) is 3.16. The first kappa shape index (κ1) is 15.0. The molecule has 1 N–H and O–H groups in total. The SMILES string of the molecule is Cc1nc(Cl)nc(Nc2cccc(N(C)C)c2)c1[N+](=O)[O-]. The van der Waals surface area contributed by atoms with Crippen LogP contribution in [0.1, 0.15) is 5.69 Å². The van der Waals surface area contributed by atoms with Crippen molar-refractivity contribution in [1.82, 2.24) is 9.97 Å². The maximum atomic E-state index is 11.2. The first-order valence-electron chi connectivity index (χ1n) is 6.11. The van der Waals surface area contributed by atoms with Crippen LogP contribution in [0.3, 0.4) is 0 Å². The Morgan fingerprint density at radius 3 is 2.67 bits per heavy atom. The fourth-order valence-corrected chi connectivity index (χ4v) is 2.05. The Morgan fingerprint density at radius 1 is 1.33 bits per heavy atom. The highest BCUT2D eigenvalue weighted by Gasteiger charge is 2.21. The number of halogens is 1. The van der Waals surface area contributed by atoms with Gasteiger partial charge >= 0.3 is 5.69 Å². The van der Waals surface area contributed by atoms with Gasteiger partial charge in [-0.05, 0) is 36.7 Å². The van der Waals surface area contributed by atoms with E-state index in [2.05, 4.69) is 15.3 Å². The smallest absolute Gasteiger partial charge is 0.332 e. The van der Waals surface area contributed by atoms with E-state index in [0.717, 1.165) is 5.69 Å². The number of hydrogen-bond donors (Lipinski definition) is 1. The molecular weight excluding hydrogens is 294 g/mol. The fraction of sp³-hybridized carbons (Fsp3) is 0.231. The normalized spacial score (nSPS) is 10.3. The molecule has 0 saturated carbocycles. The molecule has 1 aromatic heterocycles. The van der Waals surface area contributed by atoms with E-state index >= 15 is 0 Å². The molecule has 2 aromatic rings. The topological polar surface area (TPSA) is 84.2 Å². The van der Waals surface area contributed by atoms with Crippen molar-refractivity contribution in [3.63, 3.8) is 0 Å². The molecule has 0 atom stereocenters.